The van der Waals surface area contributed by atoms with Crippen LogP contribution in [0.1, 0.15) is 45.1 Å². The van der Waals surface area contributed by atoms with E-state index in [1.54, 1.807) is 32.0 Å². The minimum absolute atomic E-state index is 0.141. The number of esters is 1. The molecule has 0 spiro atoms. The highest BCUT2D eigenvalue weighted by Crippen LogP contribution is 2.36. The highest BCUT2D eigenvalue weighted by Gasteiger charge is 2.35. The molecule has 11 heteroatoms. The van der Waals surface area contributed by atoms with Gasteiger partial charge in [-0.05, 0) is 39.8 Å². The van der Waals surface area contributed by atoms with Crippen LogP contribution in [0.2, 0.25) is 0 Å². The number of thiazole rings is 1. The summed E-state index contributed by atoms with van der Waals surface area (Å²) >= 11 is 1.09. The van der Waals surface area contributed by atoms with Crippen LogP contribution in [0.3, 0.4) is 0 Å². The quantitative estimate of drug-likeness (QED) is 0.279. The number of nitrogens with zero attached hydrogens (tertiary/aromatic N) is 3. The van der Waals surface area contributed by atoms with E-state index in [0.29, 0.717) is 21.8 Å². The van der Waals surface area contributed by atoms with Crippen molar-refractivity contribution < 1.29 is 23.6 Å². The zero-order valence-corrected chi connectivity index (χ0v) is 20.3. The lowest BCUT2D eigenvalue weighted by Gasteiger charge is -2.26. The second kappa shape index (κ2) is 9.71. The van der Waals surface area contributed by atoms with Crippen molar-refractivity contribution in [2.45, 2.75) is 39.8 Å². The fraction of sp³-hybridized carbons (Fsp3) is 0.292. The summed E-state index contributed by atoms with van der Waals surface area (Å²) in [4.78, 5) is 41.8. The molecule has 0 fully saturated rings. The maximum atomic E-state index is 13.6. The number of nitro groups is 1. The maximum Gasteiger partial charge on any atom is 0.433 e. The molecule has 1 aromatic carbocycles. The number of carbonyl (C=O) groups excluding carboxylic acids is 1. The average molecular weight is 498 g/mol. The van der Waals surface area contributed by atoms with E-state index >= 15 is 0 Å². The highest BCUT2D eigenvalue weighted by atomic mass is 32.1. The topological polar surface area (TPSA) is 126 Å². The monoisotopic (exact) mass is 497 g/mol. The summed E-state index contributed by atoms with van der Waals surface area (Å²) in [7, 11) is 0. The van der Waals surface area contributed by atoms with Gasteiger partial charge in [-0.3, -0.25) is 19.5 Å². The van der Waals surface area contributed by atoms with Gasteiger partial charge in [0.05, 0.1) is 34.6 Å². The van der Waals surface area contributed by atoms with Crippen LogP contribution in [-0.4, -0.2) is 28.2 Å². The van der Waals surface area contributed by atoms with Crippen LogP contribution in [0, 0.1) is 10.1 Å². The zero-order valence-electron chi connectivity index (χ0n) is 19.5. The number of allylic oxidation sites excluding steroid dienone is 1. The minimum Gasteiger partial charge on any atom is -0.491 e. The molecule has 182 valence electrons. The molecule has 35 heavy (non-hydrogen) atoms. The van der Waals surface area contributed by atoms with Crippen LogP contribution < -0.4 is 19.6 Å². The first kappa shape index (κ1) is 24.1. The van der Waals surface area contributed by atoms with E-state index in [-0.39, 0.29) is 28.6 Å². The number of aromatic nitrogens is 1. The molecule has 0 N–H and O–H groups in total. The largest absolute Gasteiger partial charge is 0.491 e. The molecule has 1 atom stereocenters. The van der Waals surface area contributed by atoms with Gasteiger partial charge in [-0.2, -0.15) is 0 Å². The van der Waals surface area contributed by atoms with Crippen molar-refractivity contribution in [3.8, 4) is 5.75 Å². The summed E-state index contributed by atoms with van der Waals surface area (Å²) in [6.07, 6.45) is 1.28. The lowest BCUT2D eigenvalue weighted by molar-refractivity contribution is -0.402. The van der Waals surface area contributed by atoms with E-state index in [4.69, 9.17) is 13.9 Å². The summed E-state index contributed by atoms with van der Waals surface area (Å²) < 4.78 is 18.2. The Labute approximate surface area is 203 Å². The van der Waals surface area contributed by atoms with Crippen LogP contribution in [0.4, 0.5) is 5.88 Å². The van der Waals surface area contributed by atoms with E-state index in [1.165, 1.54) is 22.8 Å². The fourth-order valence-electron chi connectivity index (χ4n) is 3.80. The Hall–Kier alpha value is -3.99. The van der Waals surface area contributed by atoms with Crippen LogP contribution in [0.5, 0.6) is 5.75 Å². The highest BCUT2D eigenvalue weighted by molar-refractivity contribution is 7.07. The molecular weight excluding hydrogens is 474 g/mol. The predicted molar refractivity (Wildman–Crippen MR) is 128 cm³/mol. The van der Waals surface area contributed by atoms with Crippen LogP contribution in [-0.2, 0) is 9.53 Å². The summed E-state index contributed by atoms with van der Waals surface area (Å²) in [6.45, 7) is 7.33. The smallest absolute Gasteiger partial charge is 0.433 e. The van der Waals surface area contributed by atoms with Crippen molar-refractivity contribution in [1.29, 1.82) is 0 Å². The summed E-state index contributed by atoms with van der Waals surface area (Å²) in [5.74, 6) is -0.320. The Morgan fingerprint density at radius 1 is 1.31 bits per heavy atom. The molecule has 0 radical (unpaired) electrons. The van der Waals surface area contributed by atoms with Crippen LogP contribution in [0.15, 0.2) is 61.9 Å². The average Bonchev–Trinajstić information content (AvgIpc) is 3.38. The molecule has 1 aliphatic rings. The van der Waals surface area contributed by atoms with Gasteiger partial charge in [0.2, 0.25) is 0 Å². The molecule has 1 aliphatic heterocycles. The van der Waals surface area contributed by atoms with Gasteiger partial charge in [0, 0.05) is 11.6 Å². The van der Waals surface area contributed by atoms with Gasteiger partial charge < -0.3 is 13.9 Å². The van der Waals surface area contributed by atoms with E-state index in [2.05, 4.69) is 4.99 Å². The third-order valence-corrected chi connectivity index (χ3v) is 6.14. The number of ether oxygens (including phenoxy) is 2. The molecule has 2 aromatic heterocycles. The molecule has 4 rings (SSSR count). The van der Waals surface area contributed by atoms with Gasteiger partial charge in [0.1, 0.15) is 22.5 Å². The molecule has 0 saturated heterocycles. The minimum atomic E-state index is -0.840. The third-order valence-electron chi connectivity index (χ3n) is 5.16. The standard InChI is InChI=1S/C24H23N3O7S/c1-5-32-23(29)20-14(4)25-24-26(21(20)16-8-6-7-9-17(16)33-13(2)3)22(28)18(35-24)12-15-10-11-19(34-15)27(30)31/h6-13,21H,5H2,1-4H3/b18-12-. The number of benzene rings is 1. The van der Waals surface area contributed by atoms with Crippen molar-refractivity contribution in [3.63, 3.8) is 0 Å². The first-order chi connectivity index (χ1) is 16.7. The molecule has 1 unspecified atom stereocenters. The maximum absolute atomic E-state index is 13.6. The SMILES string of the molecule is CCOC(=O)C1=C(C)N=c2s/c(=C\c3ccc([N+](=O)[O-])o3)c(=O)n2C1c1ccccc1OC(C)C. The first-order valence-electron chi connectivity index (χ1n) is 10.9. The van der Waals surface area contributed by atoms with Crippen LogP contribution in [0.25, 0.3) is 6.08 Å². The van der Waals surface area contributed by atoms with Crippen LogP contribution >= 0.6 is 11.3 Å². The Balaban J connectivity index is 1.96. The van der Waals surface area contributed by atoms with E-state index < -0.39 is 28.4 Å². The number of fused-ring (bicyclic) bond motifs is 1. The Kier molecular flexibility index (Phi) is 6.70. The molecule has 0 bridgehead atoms. The summed E-state index contributed by atoms with van der Waals surface area (Å²) in [5, 5.41) is 10.9. The van der Waals surface area contributed by atoms with Crippen molar-refractivity contribution in [2.75, 3.05) is 6.61 Å². The second-order valence-electron chi connectivity index (χ2n) is 7.94. The van der Waals surface area contributed by atoms with E-state index in [1.807, 2.05) is 19.9 Å². The number of rotatable bonds is 7. The molecule has 10 nitrogen and oxygen atoms in total. The number of hydrogen-bond donors (Lipinski definition) is 0. The van der Waals surface area contributed by atoms with Gasteiger partial charge in [-0.1, -0.05) is 29.5 Å². The summed E-state index contributed by atoms with van der Waals surface area (Å²) in [5.41, 5.74) is 0.847. The van der Waals surface area contributed by atoms with E-state index in [0.717, 1.165) is 11.3 Å². The molecule has 0 saturated carbocycles. The summed E-state index contributed by atoms with van der Waals surface area (Å²) in [6, 6.07) is 8.99. The van der Waals surface area contributed by atoms with Crippen molar-refractivity contribution in [2.24, 2.45) is 4.99 Å². The fourth-order valence-corrected chi connectivity index (χ4v) is 4.83. The lowest BCUT2D eigenvalue weighted by atomic mass is 9.95. The Morgan fingerprint density at radius 3 is 2.71 bits per heavy atom. The zero-order chi connectivity index (χ0) is 25.3. The molecule has 3 aromatic rings. The van der Waals surface area contributed by atoms with Gasteiger partial charge in [-0.15, -0.1) is 0 Å². The van der Waals surface area contributed by atoms with E-state index in [9.17, 15) is 19.7 Å². The Bertz CT molecular complexity index is 1510. The molecule has 0 aliphatic carbocycles. The van der Waals surface area contributed by atoms with Crippen molar-refractivity contribution in [1.82, 2.24) is 4.57 Å². The molecular formula is C24H23N3O7S. The Morgan fingerprint density at radius 2 is 2.06 bits per heavy atom. The number of carbonyl (C=O) groups is 1. The van der Waals surface area contributed by atoms with Gasteiger partial charge in [-0.25, -0.2) is 9.79 Å². The lowest BCUT2D eigenvalue weighted by Crippen LogP contribution is -2.40. The first-order valence-corrected chi connectivity index (χ1v) is 11.7. The van der Waals surface area contributed by atoms with Gasteiger partial charge in [0.15, 0.2) is 4.80 Å². The third kappa shape index (κ3) is 4.67. The molecule has 0 amide bonds. The number of para-hydroxylation sites is 1. The van der Waals surface area contributed by atoms with Gasteiger partial charge >= 0.3 is 11.9 Å². The number of furan rings is 1. The van der Waals surface area contributed by atoms with Crippen molar-refractivity contribution in [3.05, 3.63) is 88.8 Å². The number of hydrogen-bond acceptors (Lipinski definition) is 9. The normalized spacial score (nSPS) is 15.7. The van der Waals surface area contributed by atoms with Crippen molar-refractivity contribution >= 4 is 29.3 Å². The second-order valence-corrected chi connectivity index (χ2v) is 8.95. The molecule has 3 heterocycles. The van der Waals surface area contributed by atoms with Gasteiger partial charge in [0.25, 0.3) is 5.56 Å². The predicted octanol–water partition coefficient (Wildman–Crippen LogP) is 3.09.